The van der Waals surface area contributed by atoms with Crippen molar-refractivity contribution in [1.82, 2.24) is 9.80 Å². The number of hydrogen-bond donors (Lipinski definition) is 0. The van der Waals surface area contributed by atoms with Gasteiger partial charge in [-0.3, -0.25) is 9.59 Å². The van der Waals surface area contributed by atoms with Gasteiger partial charge in [-0.05, 0) is 62.8 Å². The Labute approximate surface area is 163 Å². The second kappa shape index (κ2) is 8.77. The zero-order valence-corrected chi connectivity index (χ0v) is 17.0. The predicted molar refractivity (Wildman–Crippen MR) is 109 cm³/mol. The lowest BCUT2D eigenvalue weighted by Crippen LogP contribution is -2.46. The SMILES string of the molecule is CCN(C)c1ccc(C(=O)N2CCC(C(=O)N3CCC(C)CC3)CC2)cc1. The number of hydrogen-bond acceptors (Lipinski definition) is 3. The maximum Gasteiger partial charge on any atom is 0.253 e. The van der Waals surface area contributed by atoms with Gasteiger partial charge in [0.1, 0.15) is 0 Å². The Kier molecular flexibility index (Phi) is 6.40. The van der Waals surface area contributed by atoms with Gasteiger partial charge in [-0.2, -0.15) is 0 Å². The normalized spacial score (nSPS) is 19.2. The van der Waals surface area contributed by atoms with Crippen LogP contribution in [-0.2, 0) is 4.79 Å². The maximum atomic E-state index is 12.8. The maximum absolute atomic E-state index is 12.8. The highest BCUT2D eigenvalue weighted by Crippen LogP contribution is 2.25. The number of carbonyl (C=O) groups excluding carboxylic acids is 2. The van der Waals surface area contributed by atoms with E-state index in [-0.39, 0.29) is 11.8 Å². The number of carbonyl (C=O) groups is 2. The molecule has 0 saturated carbocycles. The van der Waals surface area contributed by atoms with E-state index in [1.54, 1.807) is 0 Å². The lowest BCUT2D eigenvalue weighted by molar-refractivity contribution is -0.138. The van der Waals surface area contributed by atoms with Crippen LogP contribution in [0.3, 0.4) is 0 Å². The van der Waals surface area contributed by atoms with Crippen LogP contribution < -0.4 is 4.90 Å². The minimum atomic E-state index is 0.0818. The molecule has 0 bridgehead atoms. The Morgan fingerprint density at radius 1 is 0.963 bits per heavy atom. The first-order valence-electron chi connectivity index (χ1n) is 10.4. The lowest BCUT2D eigenvalue weighted by Gasteiger charge is -2.36. The van der Waals surface area contributed by atoms with Gasteiger partial charge in [0.25, 0.3) is 5.91 Å². The van der Waals surface area contributed by atoms with Gasteiger partial charge in [0.05, 0.1) is 0 Å². The van der Waals surface area contributed by atoms with Gasteiger partial charge in [-0.25, -0.2) is 0 Å². The molecule has 148 valence electrons. The average molecular weight is 372 g/mol. The van der Waals surface area contributed by atoms with Crippen molar-refractivity contribution < 1.29 is 9.59 Å². The Morgan fingerprint density at radius 3 is 2.07 bits per heavy atom. The number of anilines is 1. The summed E-state index contributed by atoms with van der Waals surface area (Å²) in [6.45, 7) is 8.46. The van der Waals surface area contributed by atoms with Crippen molar-refractivity contribution in [2.75, 3.05) is 44.7 Å². The molecule has 0 aromatic heterocycles. The van der Waals surface area contributed by atoms with Crippen LogP contribution >= 0.6 is 0 Å². The summed E-state index contributed by atoms with van der Waals surface area (Å²) >= 11 is 0. The van der Waals surface area contributed by atoms with Crippen LogP contribution in [0.2, 0.25) is 0 Å². The Hall–Kier alpha value is -2.04. The molecule has 2 saturated heterocycles. The van der Waals surface area contributed by atoms with Crippen LogP contribution in [0.1, 0.15) is 49.9 Å². The molecular weight excluding hydrogens is 338 g/mol. The molecular formula is C22H33N3O2. The molecule has 2 fully saturated rings. The zero-order valence-electron chi connectivity index (χ0n) is 17.0. The van der Waals surface area contributed by atoms with Gasteiger partial charge in [-0.1, -0.05) is 6.92 Å². The molecule has 3 rings (SSSR count). The second-order valence-corrected chi connectivity index (χ2v) is 8.14. The molecule has 0 unspecified atom stereocenters. The molecule has 5 heteroatoms. The highest BCUT2D eigenvalue weighted by Gasteiger charge is 2.31. The lowest BCUT2D eigenvalue weighted by atomic mass is 9.92. The topological polar surface area (TPSA) is 43.9 Å². The summed E-state index contributed by atoms with van der Waals surface area (Å²) in [7, 11) is 2.04. The molecule has 2 aliphatic heterocycles. The minimum Gasteiger partial charge on any atom is -0.375 e. The second-order valence-electron chi connectivity index (χ2n) is 8.14. The molecule has 2 amide bonds. The molecule has 0 radical (unpaired) electrons. The standard InChI is InChI=1S/C22H33N3O2/c1-4-23(3)20-7-5-18(6-8-20)21(26)25-15-11-19(12-16-25)22(27)24-13-9-17(2)10-14-24/h5-8,17,19H,4,9-16H2,1-3H3. The zero-order chi connectivity index (χ0) is 19.4. The van der Waals surface area contributed by atoms with E-state index in [2.05, 4.69) is 18.7 Å². The van der Waals surface area contributed by atoms with Gasteiger partial charge >= 0.3 is 0 Å². The third kappa shape index (κ3) is 4.63. The summed E-state index contributed by atoms with van der Waals surface area (Å²) in [5, 5.41) is 0. The van der Waals surface area contributed by atoms with Crippen LogP contribution in [0.15, 0.2) is 24.3 Å². The van der Waals surface area contributed by atoms with E-state index >= 15 is 0 Å². The molecule has 0 spiro atoms. The van der Waals surface area contributed by atoms with Crippen LogP contribution in [0.25, 0.3) is 0 Å². The van der Waals surface area contributed by atoms with Crippen LogP contribution in [0.5, 0.6) is 0 Å². The van der Waals surface area contributed by atoms with Crippen molar-refractivity contribution in [3.8, 4) is 0 Å². The van der Waals surface area contributed by atoms with E-state index in [0.29, 0.717) is 19.0 Å². The Balaban J connectivity index is 1.52. The van der Waals surface area contributed by atoms with Crippen molar-refractivity contribution in [2.45, 2.75) is 39.5 Å². The average Bonchev–Trinajstić information content (AvgIpc) is 2.73. The fourth-order valence-corrected chi connectivity index (χ4v) is 4.04. The van der Waals surface area contributed by atoms with Crippen LogP contribution in [-0.4, -0.2) is 61.4 Å². The van der Waals surface area contributed by atoms with Crippen molar-refractivity contribution in [1.29, 1.82) is 0 Å². The van der Waals surface area contributed by atoms with Gasteiger partial charge in [0.2, 0.25) is 5.91 Å². The highest BCUT2D eigenvalue weighted by atomic mass is 16.2. The molecule has 5 nitrogen and oxygen atoms in total. The third-order valence-corrected chi connectivity index (χ3v) is 6.26. The van der Waals surface area contributed by atoms with Crippen LogP contribution in [0, 0.1) is 11.8 Å². The fraction of sp³-hybridized carbons (Fsp3) is 0.636. The van der Waals surface area contributed by atoms with E-state index < -0.39 is 0 Å². The van der Waals surface area contributed by atoms with Crippen molar-refractivity contribution in [3.63, 3.8) is 0 Å². The van der Waals surface area contributed by atoms with Gasteiger partial charge in [-0.15, -0.1) is 0 Å². The van der Waals surface area contributed by atoms with Gasteiger partial charge in [0, 0.05) is 56.9 Å². The van der Waals surface area contributed by atoms with Crippen LogP contribution in [0.4, 0.5) is 5.69 Å². The highest BCUT2D eigenvalue weighted by molar-refractivity contribution is 5.94. The van der Waals surface area contributed by atoms with Gasteiger partial charge < -0.3 is 14.7 Å². The third-order valence-electron chi connectivity index (χ3n) is 6.26. The smallest absolute Gasteiger partial charge is 0.253 e. The first-order valence-corrected chi connectivity index (χ1v) is 10.4. The summed E-state index contributed by atoms with van der Waals surface area (Å²) in [6.07, 6.45) is 3.80. The van der Waals surface area contributed by atoms with Crippen molar-refractivity contribution >= 4 is 17.5 Å². The summed E-state index contributed by atoms with van der Waals surface area (Å²) < 4.78 is 0. The number of rotatable bonds is 4. The molecule has 2 aliphatic rings. The summed E-state index contributed by atoms with van der Waals surface area (Å²) in [5.74, 6) is 1.21. The number of amides is 2. The quantitative estimate of drug-likeness (QED) is 0.816. The van der Waals surface area contributed by atoms with E-state index in [1.165, 1.54) is 0 Å². The molecule has 27 heavy (non-hydrogen) atoms. The van der Waals surface area contributed by atoms with E-state index in [1.807, 2.05) is 41.1 Å². The predicted octanol–water partition coefficient (Wildman–Crippen LogP) is 3.25. The number of benzene rings is 1. The van der Waals surface area contributed by atoms with E-state index in [4.69, 9.17) is 0 Å². The number of piperidine rings is 2. The molecule has 0 atom stereocenters. The molecule has 1 aromatic rings. The molecule has 2 heterocycles. The van der Waals surface area contributed by atoms with Gasteiger partial charge in [0.15, 0.2) is 0 Å². The molecule has 0 aliphatic carbocycles. The largest absolute Gasteiger partial charge is 0.375 e. The van der Waals surface area contributed by atoms with E-state index in [0.717, 1.165) is 62.5 Å². The summed E-state index contributed by atoms with van der Waals surface area (Å²) in [4.78, 5) is 31.6. The Morgan fingerprint density at radius 2 is 1.52 bits per heavy atom. The molecule has 0 N–H and O–H groups in total. The summed E-state index contributed by atoms with van der Waals surface area (Å²) in [6, 6.07) is 7.83. The fourth-order valence-electron chi connectivity index (χ4n) is 4.04. The van der Waals surface area contributed by atoms with Crippen molar-refractivity contribution in [2.24, 2.45) is 11.8 Å². The number of nitrogens with zero attached hydrogens (tertiary/aromatic N) is 3. The first-order chi connectivity index (χ1) is 13.0. The monoisotopic (exact) mass is 371 g/mol. The first kappa shape index (κ1) is 19.7. The molecule has 1 aromatic carbocycles. The summed E-state index contributed by atoms with van der Waals surface area (Å²) in [5.41, 5.74) is 1.85. The Bertz CT molecular complexity index is 642. The van der Waals surface area contributed by atoms with Crippen molar-refractivity contribution in [3.05, 3.63) is 29.8 Å². The minimum absolute atomic E-state index is 0.0818. The number of likely N-dealkylation sites (tertiary alicyclic amines) is 2. The van der Waals surface area contributed by atoms with E-state index in [9.17, 15) is 9.59 Å².